The van der Waals surface area contributed by atoms with E-state index in [0.29, 0.717) is 32.8 Å². The summed E-state index contributed by atoms with van der Waals surface area (Å²) in [7, 11) is 0. The molecule has 5 rings (SSSR count). The molecule has 8 heteroatoms. The molecule has 32 heavy (non-hydrogen) atoms. The first kappa shape index (κ1) is 21.1. The highest BCUT2D eigenvalue weighted by molar-refractivity contribution is 5.91. The predicted octanol–water partition coefficient (Wildman–Crippen LogP) is 2.44. The molecule has 1 aromatic heterocycles. The van der Waals surface area contributed by atoms with E-state index in [-0.39, 0.29) is 29.7 Å². The van der Waals surface area contributed by atoms with Gasteiger partial charge in [0, 0.05) is 69.1 Å². The number of rotatable bonds is 3. The Balaban J connectivity index is 1.16. The molecule has 0 saturated carbocycles. The topological polar surface area (TPSA) is 66.0 Å². The van der Waals surface area contributed by atoms with Gasteiger partial charge >= 0.3 is 0 Å². The molecule has 1 aromatic carbocycles. The number of carbonyl (C=O) groups excluding carboxylic acids is 2. The SMILES string of the molecule is O=C(C1CCN(c2ccnc3ccc(F)cc23)CC1)N1CCN(C(=O)C2CCCO2)CC1. The maximum Gasteiger partial charge on any atom is 0.251 e. The summed E-state index contributed by atoms with van der Waals surface area (Å²) < 4.78 is 19.3. The Morgan fingerprint density at radius 1 is 0.938 bits per heavy atom. The second kappa shape index (κ2) is 9.02. The smallest absolute Gasteiger partial charge is 0.251 e. The number of carbonyl (C=O) groups is 2. The van der Waals surface area contributed by atoms with E-state index in [2.05, 4.69) is 9.88 Å². The van der Waals surface area contributed by atoms with Crippen molar-refractivity contribution in [3.63, 3.8) is 0 Å². The summed E-state index contributed by atoms with van der Waals surface area (Å²) in [6, 6.07) is 6.59. The largest absolute Gasteiger partial charge is 0.371 e. The van der Waals surface area contributed by atoms with Gasteiger partial charge in [-0.1, -0.05) is 0 Å². The number of ether oxygens (including phenoxy) is 1. The van der Waals surface area contributed by atoms with Crippen LogP contribution in [0.3, 0.4) is 0 Å². The molecule has 2 amide bonds. The Hall–Kier alpha value is -2.74. The number of piperazine rings is 1. The molecule has 0 bridgehead atoms. The monoisotopic (exact) mass is 440 g/mol. The van der Waals surface area contributed by atoms with Crippen LogP contribution in [0.15, 0.2) is 30.5 Å². The summed E-state index contributed by atoms with van der Waals surface area (Å²) in [5.41, 5.74) is 1.75. The second-order valence-electron chi connectivity index (χ2n) is 8.91. The first-order valence-electron chi connectivity index (χ1n) is 11.6. The van der Waals surface area contributed by atoms with E-state index in [1.807, 2.05) is 15.9 Å². The van der Waals surface area contributed by atoms with Crippen molar-refractivity contribution in [3.05, 3.63) is 36.3 Å². The summed E-state index contributed by atoms with van der Waals surface area (Å²) in [5.74, 6) is -0.00569. The van der Waals surface area contributed by atoms with Gasteiger partial charge in [0.1, 0.15) is 11.9 Å². The van der Waals surface area contributed by atoms with E-state index in [9.17, 15) is 14.0 Å². The second-order valence-corrected chi connectivity index (χ2v) is 8.91. The normalized spacial score (nSPS) is 22.5. The number of fused-ring (bicyclic) bond motifs is 1. The van der Waals surface area contributed by atoms with E-state index in [0.717, 1.165) is 55.4 Å². The summed E-state index contributed by atoms with van der Waals surface area (Å²) in [5, 5.41) is 0.810. The molecule has 170 valence electrons. The van der Waals surface area contributed by atoms with Crippen LogP contribution in [0, 0.1) is 11.7 Å². The van der Waals surface area contributed by atoms with Gasteiger partial charge in [-0.15, -0.1) is 0 Å². The van der Waals surface area contributed by atoms with Gasteiger partial charge in [0.05, 0.1) is 5.52 Å². The quantitative estimate of drug-likeness (QED) is 0.734. The number of aromatic nitrogens is 1. The lowest BCUT2D eigenvalue weighted by Crippen LogP contribution is -2.54. The van der Waals surface area contributed by atoms with Crippen molar-refractivity contribution < 1.29 is 18.7 Å². The lowest BCUT2D eigenvalue weighted by Gasteiger charge is -2.39. The zero-order valence-corrected chi connectivity index (χ0v) is 18.2. The maximum absolute atomic E-state index is 13.8. The molecule has 3 saturated heterocycles. The summed E-state index contributed by atoms with van der Waals surface area (Å²) >= 11 is 0. The van der Waals surface area contributed by atoms with Crippen molar-refractivity contribution in [1.82, 2.24) is 14.8 Å². The van der Waals surface area contributed by atoms with Gasteiger partial charge in [0.25, 0.3) is 5.91 Å². The van der Waals surface area contributed by atoms with Crippen LogP contribution in [-0.2, 0) is 14.3 Å². The van der Waals surface area contributed by atoms with Crippen LogP contribution in [0.2, 0.25) is 0 Å². The maximum atomic E-state index is 13.8. The molecular formula is C24H29FN4O3. The molecule has 0 aliphatic carbocycles. The van der Waals surface area contributed by atoms with Crippen molar-refractivity contribution in [2.75, 3.05) is 50.8 Å². The Morgan fingerprint density at radius 2 is 1.66 bits per heavy atom. The van der Waals surface area contributed by atoms with Gasteiger partial charge in [0.2, 0.25) is 5.91 Å². The Kier molecular flexibility index (Phi) is 5.95. The Morgan fingerprint density at radius 3 is 2.34 bits per heavy atom. The zero-order valence-electron chi connectivity index (χ0n) is 18.2. The molecule has 2 aromatic rings. The van der Waals surface area contributed by atoms with Gasteiger partial charge < -0.3 is 19.4 Å². The average molecular weight is 441 g/mol. The molecule has 4 heterocycles. The number of halogens is 1. The molecule has 1 atom stereocenters. The van der Waals surface area contributed by atoms with E-state index >= 15 is 0 Å². The molecular weight excluding hydrogens is 411 g/mol. The van der Waals surface area contributed by atoms with Gasteiger partial charge in [-0.3, -0.25) is 14.6 Å². The standard InChI is InChI=1S/C24H29FN4O3/c25-18-3-4-20-19(16-18)21(5-8-26-20)27-9-6-17(7-10-27)23(30)28-11-13-29(14-12-28)24(31)22-2-1-15-32-22/h3-5,8,16-17,22H,1-2,6-7,9-15H2. The van der Waals surface area contributed by atoms with Crippen molar-refractivity contribution in [2.45, 2.75) is 31.8 Å². The third-order valence-corrected chi connectivity index (χ3v) is 6.97. The summed E-state index contributed by atoms with van der Waals surface area (Å²) in [4.78, 5) is 36.0. The summed E-state index contributed by atoms with van der Waals surface area (Å²) in [6.45, 7) is 4.51. The van der Waals surface area contributed by atoms with E-state index in [1.54, 1.807) is 12.3 Å². The van der Waals surface area contributed by atoms with E-state index in [4.69, 9.17) is 4.74 Å². The number of benzene rings is 1. The fourth-order valence-corrected chi connectivity index (χ4v) is 5.13. The van der Waals surface area contributed by atoms with Gasteiger partial charge in [-0.2, -0.15) is 0 Å². The highest BCUT2D eigenvalue weighted by atomic mass is 19.1. The van der Waals surface area contributed by atoms with Crippen molar-refractivity contribution in [3.8, 4) is 0 Å². The minimum atomic E-state index is -0.292. The summed E-state index contributed by atoms with van der Waals surface area (Å²) in [6.07, 6.45) is 4.75. The van der Waals surface area contributed by atoms with Gasteiger partial charge in [-0.25, -0.2) is 4.39 Å². The fourth-order valence-electron chi connectivity index (χ4n) is 5.13. The molecule has 0 N–H and O–H groups in total. The number of amides is 2. The molecule has 3 aliphatic rings. The fraction of sp³-hybridized carbons (Fsp3) is 0.542. The van der Waals surface area contributed by atoms with E-state index in [1.165, 1.54) is 12.1 Å². The van der Waals surface area contributed by atoms with Crippen molar-refractivity contribution >= 4 is 28.4 Å². The van der Waals surface area contributed by atoms with Crippen LogP contribution in [0.25, 0.3) is 10.9 Å². The van der Waals surface area contributed by atoms with Crippen molar-refractivity contribution in [1.29, 1.82) is 0 Å². The minimum absolute atomic E-state index is 0.00324. The van der Waals surface area contributed by atoms with Crippen LogP contribution < -0.4 is 4.90 Å². The lowest BCUT2D eigenvalue weighted by molar-refractivity contribution is -0.147. The molecule has 0 radical (unpaired) electrons. The third kappa shape index (κ3) is 4.16. The number of hydrogen-bond acceptors (Lipinski definition) is 5. The number of pyridine rings is 1. The van der Waals surface area contributed by atoms with Crippen LogP contribution in [0.4, 0.5) is 10.1 Å². The van der Waals surface area contributed by atoms with Gasteiger partial charge in [0.15, 0.2) is 0 Å². The molecule has 1 unspecified atom stereocenters. The molecule has 0 spiro atoms. The van der Waals surface area contributed by atoms with Crippen molar-refractivity contribution in [2.24, 2.45) is 5.92 Å². The highest BCUT2D eigenvalue weighted by Crippen LogP contribution is 2.30. The highest BCUT2D eigenvalue weighted by Gasteiger charge is 2.34. The molecule has 3 fully saturated rings. The molecule has 3 aliphatic heterocycles. The number of anilines is 1. The van der Waals surface area contributed by atoms with Gasteiger partial charge in [-0.05, 0) is 49.9 Å². The molecule has 7 nitrogen and oxygen atoms in total. The predicted molar refractivity (Wildman–Crippen MR) is 119 cm³/mol. The van der Waals surface area contributed by atoms with Crippen LogP contribution in [0.1, 0.15) is 25.7 Å². The van der Waals surface area contributed by atoms with Crippen LogP contribution in [-0.4, -0.2) is 78.6 Å². The minimum Gasteiger partial charge on any atom is -0.371 e. The van der Waals surface area contributed by atoms with Crippen LogP contribution in [0.5, 0.6) is 0 Å². The Bertz CT molecular complexity index is 994. The zero-order chi connectivity index (χ0) is 22.1. The van der Waals surface area contributed by atoms with E-state index < -0.39 is 0 Å². The Labute approximate surface area is 187 Å². The lowest BCUT2D eigenvalue weighted by atomic mass is 9.94. The number of hydrogen-bond donors (Lipinski definition) is 0. The number of nitrogens with zero attached hydrogens (tertiary/aromatic N) is 4. The van der Waals surface area contributed by atoms with Crippen LogP contribution >= 0.6 is 0 Å². The third-order valence-electron chi connectivity index (χ3n) is 6.97. The average Bonchev–Trinajstić information content (AvgIpc) is 3.38. The first-order chi connectivity index (χ1) is 15.6. The number of piperidine rings is 1. The first-order valence-corrected chi connectivity index (χ1v) is 11.6.